The quantitative estimate of drug-likeness (QED) is 0.645. The number of nitrogens with zero attached hydrogens (tertiary/aromatic N) is 2. The fourth-order valence-corrected chi connectivity index (χ4v) is 4.81. The topological polar surface area (TPSA) is 52.7 Å². The minimum absolute atomic E-state index is 0.0303. The smallest absolute Gasteiger partial charge is 0.261 e. The van der Waals surface area contributed by atoms with Crippen LogP contribution in [0.4, 0.5) is 0 Å². The Hall–Kier alpha value is -2.96. The fraction of sp³-hybridized carbons (Fsp3) is 0.280. The first-order chi connectivity index (χ1) is 15.1. The fourth-order valence-electron chi connectivity index (χ4n) is 4.03. The third-order valence-electron chi connectivity index (χ3n) is 5.63. The van der Waals surface area contributed by atoms with Crippen molar-refractivity contribution in [3.63, 3.8) is 0 Å². The molecule has 0 radical (unpaired) electrons. The molecule has 0 saturated carbocycles. The van der Waals surface area contributed by atoms with E-state index >= 15 is 0 Å². The van der Waals surface area contributed by atoms with E-state index in [0.29, 0.717) is 18.0 Å². The molecule has 0 unspecified atom stereocenters. The second-order valence-corrected chi connectivity index (χ2v) is 9.02. The third kappa shape index (κ3) is 5.21. The monoisotopic (exact) mass is 433 g/mol. The zero-order valence-corrected chi connectivity index (χ0v) is 18.5. The molecule has 3 aromatic rings. The number of carbonyl (C=O) groups excluding carboxylic acids is 2. The molecule has 1 fully saturated rings. The number of hydrogen-bond donors (Lipinski definition) is 1. The van der Waals surface area contributed by atoms with Crippen molar-refractivity contribution in [2.45, 2.75) is 13.0 Å². The van der Waals surface area contributed by atoms with Gasteiger partial charge in [-0.25, -0.2) is 0 Å². The number of piperazine rings is 1. The second kappa shape index (κ2) is 9.90. The van der Waals surface area contributed by atoms with Crippen LogP contribution < -0.4 is 5.32 Å². The number of hydrogen-bond acceptors (Lipinski definition) is 4. The average molecular weight is 434 g/mol. The maximum absolute atomic E-state index is 12.7. The summed E-state index contributed by atoms with van der Waals surface area (Å²) in [7, 11) is 0. The molecule has 2 amide bonds. The Kier molecular flexibility index (Phi) is 6.79. The minimum atomic E-state index is -0.182. The summed E-state index contributed by atoms with van der Waals surface area (Å²) in [5, 5.41) is 2.76. The number of amides is 2. The summed E-state index contributed by atoms with van der Waals surface area (Å²) >= 11 is 1.44. The molecular weight excluding hydrogens is 406 g/mol. The number of thiophene rings is 1. The van der Waals surface area contributed by atoms with Crippen molar-refractivity contribution in [2.24, 2.45) is 0 Å². The van der Waals surface area contributed by atoms with Crippen molar-refractivity contribution >= 4 is 23.2 Å². The standard InChI is InChI=1S/C25H27N3O2S/c1-19-12-13-22(31-19)25(30)26-18-23(29)27-14-16-28(17-15-27)24(20-8-4-2-5-9-20)21-10-6-3-7-11-21/h2-13,24H,14-18H2,1H3,(H,26,30). The van der Waals surface area contributed by atoms with E-state index in [1.807, 2.05) is 30.0 Å². The minimum Gasteiger partial charge on any atom is -0.342 e. The predicted octanol–water partition coefficient (Wildman–Crippen LogP) is 3.72. The van der Waals surface area contributed by atoms with Crippen LogP contribution >= 0.6 is 11.3 Å². The Morgan fingerprint density at radius 2 is 1.45 bits per heavy atom. The van der Waals surface area contributed by atoms with Gasteiger partial charge in [0.1, 0.15) is 0 Å². The summed E-state index contributed by atoms with van der Waals surface area (Å²) in [5.74, 6) is -0.212. The molecule has 2 aromatic carbocycles. The van der Waals surface area contributed by atoms with E-state index in [9.17, 15) is 9.59 Å². The van der Waals surface area contributed by atoms with E-state index < -0.39 is 0 Å². The van der Waals surface area contributed by atoms with Gasteiger partial charge < -0.3 is 10.2 Å². The molecule has 0 spiro atoms. The number of carbonyl (C=O) groups is 2. The molecule has 1 aliphatic heterocycles. The summed E-state index contributed by atoms with van der Waals surface area (Å²) in [6.45, 7) is 4.89. The summed E-state index contributed by atoms with van der Waals surface area (Å²) < 4.78 is 0. The van der Waals surface area contributed by atoms with Gasteiger partial charge in [0.2, 0.25) is 5.91 Å². The van der Waals surface area contributed by atoms with Crippen molar-refractivity contribution in [3.05, 3.63) is 93.7 Å². The van der Waals surface area contributed by atoms with E-state index in [4.69, 9.17) is 0 Å². The van der Waals surface area contributed by atoms with Gasteiger partial charge in [0, 0.05) is 31.1 Å². The van der Waals surface area contributed by atoms with Gasteiger partial charge in [0.05, 0.1) is 17.5 Å². The van der Waals surface area contributed by atoms with E-state index in [-0.39, 0.29) is 24.4 Å². The molecule has 31 heavy (non-hydrogen) atoms. The highest BCUT2D eigenvalue weighted by Crippen LogP contribution is 2.29. The second-order valence-electron chi connectivity index (χ2n) is 7.73. The van der Waals surface area contributed by atoms with Crippen LogP contribution in [0.2, 0.25) is 0 Å². The van der Waals surface area contributed by atoms with Crippen LogP contribution in [0, 0.1) is 6.92 Å². The van der Waals surface area contributed by atoms with Crippen LogP contribution in [0.5, 0.6) is 0 Å². The maximum Gasteiger partial charge on any atom is 0.261 e. The third-order valence-corrected chi connectivity index (χ3v) is 6.63. The molecule has 0 aliphatic carbocycles. The van der Waals surface area contributed by atoms with Gasteiger partial charge in [-0.2, -0.15) is 0 Å². The van der Waals surface area contributed by atoms with Crippen LogP contribution in [0.3, 0.4) is 0 Å². The van der Waals surface area contributed by atoms with Gasteiger partial charge >= 0.3 is 0 Å². The molecule has 1 saturated heterocycles. The molecule has 160 valence electrons. The van der Waals surface area contributed by atoms with E-state index in [1.54, 1.807) is 6.07 Å². The number of benzene rings is 2. The Labute approximate surface area is 187 Å². The maximum atomic E-state index is 12.7. The Morgan fingerprint density at radius 3 is 1.97 bits per heavy atom. The van der Waals surface area contributed by atoms with Gasteiger partial charge in [-0.15, -0.1) is 11.3 Å². The van der Waals surface area contributed by atoms with Crippen LogP contribution in [0.1, 0.15) is 31.7 Å². The first kappa shape index (κ1) is 21.3. The van der Waals surface area contributed by atoms with Crippen molar-refractivity contribution in [1.82, 2.24) is 15.1 Å². The van der Waals surface area contributed by atoms with Gasteiger partial charge in [-0.1, -0.05) is 60.7 Å². The van der Waals surface area contributed by atoms with Gasteiger partial charge in [0.15, 0.2) is 0 Å². The van der Waals surface area contributed by atoms with Gasteiger partial charge in [-0.3, -0.25) is 14.5 Å². The van der Waals surface area contributed by atoms with E-state index in [0.717, 1.165) is 18.0 Å². The predicted molar refractivity (Wildman–Crippen MR) is 124 cm³/mol. The Balaban J connectivity index is 1.36. The van der Waals surface area contributed by atoms with Crippen molar-refractivity contribution in [3.8, 4) is 0 Å². The highest BCUT2D eigenvalue weighted by molar-refractivity contribution is 7.13. The number of aryl methyl sites for hydroxylation is 1. The van der Waals surface area contributed by atoms with Crippen LogP contribution in [0.15, 0.2) is 72.8 Å². The lowest BCUT2D eigenvalue weighted by Gasteiger charge is -2.39. The zero-order chi connectivity index (χ0) is 21.6. The van der Waals surface area contributed by atoms with Gasteiger partial charge in [-0.05, 0) is 30.2 Å². The van der Waals surface area contributed by atoms with Crippen molar-refractivity contribution in [2.75, 3.05) is 32.7 Å². The largest absolute Gasteiger partial charge is 0.342 e. The number of rotatable bonds is 6. The molecule has 2 heterocycles. The van der Waals surface area contributed by atoms with Crippen LogP contribution in [-0.4, -0.2) is 54.3 Å². The highest BCUT2D eigenvalue weighted by atomic mass is 32.1. The lowest BCUT2D eigenvalue weighted by atomic mass is 9.96. The average Bonchev–Trinajstić information content (AvgIpc) is 3.26. The normalized spacial score (nSPS) is 14.6. The zero-order valence-electron chi connectivity index (χ0n) is 17.7. The van der Waals surface area contributed by atoms with E-state index in [1.165, 1.54) is 22.5 Å². The molecule has 6 heteroatoms. The molecule has 1 N–H and O–H groups in total. The van der Waals surface area contributed by atoms with Gasteiger partial charge in [0.25, 0.3) is 5.91 Å². The molecule has 0 bridgehead atoms. The summed E-state index contributed by atoms with van der Waals surface area (Å²) in [6, 6.07) is 24.9. The SMILES string of the molecule is Cc1ccc(C(=O)NCC(=O)N2CCN(C(c3ccccc3)c3ccccc3)CC2)s1. The Bertz CT molecular complexity index is 972. The first-order valence-electron chi connectivity index (χ1n) is 10.6. The lowest BCUT2D eigenvalue weighted by molar-refractivity contribution is -0.132. The lowest BCUT2D eigenvalue weighted by Crippen LogP contribution is -2.52. The molecule has 1 aromatic heterocycles. The molecule has 1 aliphatic rings. The molecule has 0 atom stereocenters. The molecular formula is C25H27N3O2S. The molecule has 4 rings (SSSR count). The van der Waals surface area contributed by atoms with Crippen LogP contribution in [0.25, 0.3) is 0 Å². The van der Waals surface area contributed by atoms with Crippen molar-refractivity contribution < 1.29 is 9.59 Å². The Morgan fingerprint density at radius 1 is 0.871 bits per heavy atom. The summed E-state index contributed by atoms with van der Waals surface area (Å²) in [5.41, 5.74) is 2.51. The number of nitrogens with one attached hydrogen (secondary N) is 1. The summed E-state index contributed by atoms with van der Waals surface area (Å²) in [6.07, 6.45) is 0. The highest BCUT2D eigenvalue weighted by Gasteiger charge is 2.28. The van der Waals surface area contributed by atoms with Crippen molar-refractivity contribution in [1.29, 1.82) is 0 Å². The molecule has 5 nitrogen and oxygen atoms in total. The summed E-state index contributed by atoms with van der Waals surface area (Å²) in [4.78, 5) is 30.9. The van der Waals surface area contributed by atoms with Crippen LogP contribution in [-0.2, 0) is 4.79 Å². The first-order valence-corrected chi connectivity index (χ1v) is 11.4. The van der Waals surface area contributed by atoms with E-state index in [2.05, 4.69) is 58.7 Å².